The lowest BCUT2D eigenvalue weighted by Crippen LogP contribution is -2.31. The molecule has 0 unspecified atom stereocenters. The molecule has 0 aromatic heterocycles. The van der Waals surface area contributed by atoms with Crippen molar-refractivity contribution < 1.29 is 14.7 Å². The number of nitrogens with one attached hydrogen (secondary N) is 1. The lowest BCUT2D eigenvalue weighted by Gasteiger charge is -2.20. The Bertz CT molecular complexity index is 901. The number of carboxylic acid groups (broad SMARTS) is 1. The van der Waals surface area contributed by atoms with E-state index < -0.39 is 5.97 Å². The van der Waals surface area contributed by atoms with Crippen molar-refractivity contribution in [2.24, 2.45) is 0 Å². The number of benzene rings is 2. The Hall–Kier alpha value is -2.57. The summed E-state index contributed by atoms with van der Waals surface area (Å²) in [5.74, 6) is -0.765. The Kier molecular flexibility index (Phi) is 7.34. The SMILES string of the molecule is Cl.O=C(O)CCCc1ccc(N2CCN(c3ccc4c(c3)CCNCC4)C2=O)cc1. The van der Waals surface area contributed by atoms with Crippen LogP contribution in [-0.2, 0) is 24.1 Å². The highest BCUT2D eigenvalue weighted by Crippen LogP contribution is 2.28. The van der Waals surface area contributed by atoms with E-state index in [1.54, 1.807) is 0 Å². The number of carbonyl (C=O) groups excluding carboxylic acids is 1. The zero-order valence-electron chi connectivity index (χ0n) is 17.0. The number of aryl methyl sites for hydroxylation is 1. The van der Waals surface area contributed by atoms with Gasteiger partial charge in [0, 0.05) is 30.9 Å². The molecule has 1 saturated heterocycles. The van der Waals surface area contributed by atoms with E-state index in [1.807, 2.05) is 34.1 Å². The average molecular weight is 430 g/mol. The van der Waals surface area contributed by atoms with Crippen molar-refractivity contribution in [3.05, 3.63) is 59.2 Å². The van der Waals surface area contributed by atoms with E-state index in [9.17, 15) is 9.59 Å². The summed E-state index contributed by atoms with van der Waals surface area (Å²) in [5.41, 5.74) is 5.67. The predicted octanol–water partition coefficient (Wildman–Crippen LogP) is 3.65. The maximum absolute atomic E-state index is 13.0. The van der Waals surface area contributed by atoms with Crippen molar-refractivity contribution in [3.63, 3.8) is 0 Å². The van der Waals surface area contributed by atoms with Gasteiger partial charge in [0.2, 0.25) is 0 Å². The van der Waals surface area contributed by atoms with Gasteiger partial charge in [-0.25, -0.2) is 4.79 Å². The lowest BCUT2D eigenvalue weighted by molar-refractivity contribution is -0.137. The standard InChI is InChI=1S/C23H27N3O3.ClH/c27-22(28)3-1-2-17-4-7-20(8-5-17)25-14-15-26(23(25)29)21-9-6-18-10-12-24-13-11-19(18)16-21;/h4-9,16,24H,1-3,10-15H2,(H,27,28);1H. The van der Waals surface area contributed by atoms with Crippen LogP contribution < -0.4 is 15.1 Å². The second-order valence-electron chi connectivity index (χ2n) is 7.70. The highest BCUT2D eigenvalue weighted by atomic mass is 35.5. The Morgan fingerprint density at radius 3 is 2.27 bits per heavy atom. The third kappa shape index (κ3) is 4.94. The molecule has 2 aliphatic heterocycles. The van der Waals surface area contributed by atoms with Crippen molar-refractivity contribution in [3.8, 4) is 0 Å². The molecule has 6 nitrogen and oxygen atoms in total. The molecule has 2 aliphatic rings. The van der Waals surface area contributed by atoms with Gasteiger partial charge in [0.25, 0.3) is 0 Å². The number of halogens is 1. The van der Waals surface area contributed by atoms with E-state index in [0.717, 1.165) is 49.3 Å². The molecule has 2 heterocycles. The largest absolute Gasteiger partial charge is 0.481 e. The minimum atomic E-state index is -0.765. The van der Waals surface area contributed by atoms with Crippen molar-refractivity contribution in [1.82, 2.24) is 5.32 Å². The molecule has 160 valence electrons. The van der Waals surface area contributed by atoms with Gasteiger partial charge in [-0.3, -0.25) is 14.6 Å². The van der Waals surface area contributed by atoms with Crippen molar-refractivity contribution in [2.75, 3.05) is 36.0 Å². The van der Waals surface area contributed by atoms with Crippen LogP contribution in [0.3, 0.4) is 0 Å². The fraction of sp³-hybridized carbons (Fsp3) is 0.391. The van der Waals surface area contributed by atoms with Crippen LogP contribution >= 0.6 is 12.4 Å². The maximum Gasteiger partial charge on any atom is 0.329 e. The molecule has 30 heavy (non-hydrogen) atoms. The minimum absolute atomic E-state index is 0. The molecular weight excluding hydrogens is 402 g/mol. The number of nitrogens with zero attached hydrogens (tertiary/aromatic N) is 2. The first kappa shape index (κ1) is 22.1. The maximum atomic E-state index is 13.0. The second kappa shape index (κ2) is 9.96. The summed E-state index contributed by atoms with van der Waals surface area (Å²) in [6, 6.07) is 14.3. The van der Waals surface area contributed by atoms with Crippen molar-refractivity contribution >= 4 is 35.8 Å². The first-order chi connectivity index (χ1) is 14.1. The van der Waals surface area contributed by atoms with Crippen LogP contribution in [0.25, 0.3) is 0 Å². The number of hydrogen-bond donors (Lipinski definition) is 2. The van der Waals surface area contributed by atoms with Gasteiger partial charge < -0.3 is 10.4 Å². The molecule has 2 aromatic rings. The Morgan fingerprint density at radius 2 is 1.57 bits per heavy atom. The van der Waals surface area contributed by atoms with E-state index in [1.165, 1.54) is 11.1 Å². The minimum Gasteiger partial charge on any atom is -0.481 e. The third-order valence-corrected chi connectivity index (χ3v) is 5.76. The van der Waals surface area contributed by atoms with Gasteiger partial charge in [-0.2, -0.15) is 0 Å². The summed E-state index contributed by atoms with van der Waals surface area (Å²) in [6.45, 7) is 3.33. The summed E-state index contributed by atoms with van der Waals surface area (Å²) in [7, 11) is 0. The zero-order valence-corrected chi connectivity index (χ0v) is 17.8. The Morgan fingerprint density at radius 1 is 0.933 bits per heavy atom. The number of aliphatic carboxylic acids is 1. The molecule has 2 aromatic carbocycles. The zero-order chi connectivity index (χ0) is 20.2. The molecule has 0 atom stereocenters. The lowest BCUT2D eigenvalue weighted by atomic mass is 10.0. The summed E-state index contributed by atoms with van der Waals surface area (Å²) in [4.78, 5) is 27.4. The van der Waals surface area contributed by atoms with Crippen LogP contribution in [0.5, 0.6) is 0 Å². The number of rotatable bonds is 6. The Balaban J connectivity index is 0.00000256. The van der Waals surface area contributed by atoms with E-state index >= 15 is 0 Å². The summed E-state index contributed by atoms with van der Waals surface area (Å²) in [6.07, 6.45) is 3.57. The fourth-order valence-corrected chi connectivity index (χ4v) is 4.13. The Labute approximate surface area is 183 Å². The van der Waals surface area contributed by atoms with Gasteiger partial charge in [0.15, 0.2) is 0 Å². The molecule has 0 saturated carbocycles. The van der Waals surface area contributed by atoms with E-state index in [-0.39, 0.29) is 24.9 Å². The summed E-state index contributed by atoms with van der Waals surface area (Å²) in [5, 5.41) is 12.2. The number of carbonyl (C=O) groups is 2. The van der Waals surface area contributed by atoms with E-state index in [0.29, 0.717) is 19.5 Å². The van der Waals surface area contributed by atoms with Crippen LogP contribution in [0, 0.1) is 0 Å². The van der Waals surface area contributed by atoms with Gasteiger partial charge in [0.1, 0.15) is 0 Å². The molecule has 4 rings (SSSR count). The van der Waals surface area contributed by atoms with Crippen molar-refractivity contribution in [2.45, 2.75) is 32.1 Å². The molecular formula is C23H28ClN3O3. The molecule has 1 fully saturated rings. The molecule has 0 radical (unpaired) electrons. The second-order valence-corrected chi connectivity index (χ2v) is 7.70. The first-order valence-corrected chi connectivity index (χ1v) is 10.3. The highest BCUT2D eigenvalue weighted by molar-refractivity contribution is 6.06. The fourth-order valence-electron chi connectivity index (χ4n) is 4.13. The number of urea groups is 1. The molecule has 0 bridgehead atoms. The molecule has 0 aliphatic carbocycles. The predicted molar refractivity (Wildman–Crippen MR) is 121 cm³/mol. The number of carboxylic acids is 1. The topological polar surface area (TPSA) is 72.9 Å². The number of hydrogen-bond acceptors (Lipinski definition) is 3. The third-order valence-electron chi connectivity index (χ3n) is 5.76. The summed E-state index contributed by atoms with van der Waals surface area (Å²) >= 11 is 0. The van der Waals surface area contributed by atoms with E-state index in [4.69, 9.17) is 5.11 Å². The highest BCUT2D eigenvalue weighted by Gasteiger charge is 2.31. The smallest absolute Gasteiger partial charge is 0.329 e. The van der Waals surface area contributed by atoms with Gasteiger partial charge >= 0.3 is 12.0 Å². The van der Waals surface area contributed by atoms with Crippen LogP contribution in [0.15, 0.2) is 42.5 Å². The molecule has 2 N–H and O–H groups in total. The van der Waals surface area contributed by atoms with Crippen LogP contribution in [0.1, 0.15) is 29.5 Å². The molecule has 0 spiro atoms. The number of amides is 2. The van der Waals surface area contributed by atoms with Crippen LogP contribution in [0.2, 0.25) is 0 Å². The monoisotopic (exact) mass is 429 g/mol. The van der Waals surface area contributed by atoms with Crippen LogP contribution in [-0.4, -0.2) is 43.3 Å². The van der Waals surface area contributed by atoms with Gasteiger partial charge in [-0.1, -0.05) is 18.2 Å². The molecule has 7 heteroatoms. The van der Waals surface area contributed by atoms with E-state index in [2.05, 4.69) is 23.5 Å². The number of fused-ring (bicyclic) bond motifs is 1. The van der Waals surface area contributed by atoms with Gasteiger partial charge in [-0.05, 0) is 79.7 Å². The van der Waals surface area contributed by atoms with Crippen molar-refractivity contribution in [1.29, 1.82) is 0 Å². The average Bonchev–Trinajstić information content (AvgIpc) is 2.95. The van der Waals surface area contributed by atoms with Crippen LogP contribution in [0.4, 0.5) is 16.2 Å². The van der Waals surface area contributed by atoms with Gasteiger partial charge in [-0.15, -0.1) is 12.4 Å². The number of anilines is 2. The quantitative estimate of drug-likeness (QED) is 0.735. The molecule has 2 amide bonds. The normalized spacial score (nSPS) is 16.1. The first-order valence-electron chi connectivity index (χ1n) is 10.3. The van der Waals surface area contributed by atoms with Gasteiger partial charge in [0.05, 0.1) is 0 Å². The summed E-state index contributed by atoms with van der Waals surface area (Å²) < 4.78 is 0.